The zero-order valence-corrected chi connectivity index (χ0v) is 51.1. The quantitative estimate of drug-likeness (QED) is 0.0910. The van der Waals surface area contributed by atoms with Gasteiger partial charge in [-0.1, -0.05) is 96.9 Å². The van der Waals surface area contributed by atoms with Crippen molar-refractivity contribution >= 4 is 29.8 Å². The lowest BCUT2D eigenvalue weighted by molar-refractivity contribution is -0.175. The Morgan fingerprint density at radius 3 is 0.973 bits per heavy atom. The van der Waals surface area contributed by atoms with Crippen LogP contribution in [0.15, 0.2) is 0 Å². The van der Waals surface area contributed by atoms with Crippen LogP contribution in [-0.4, -0.2) is 57.9 Å². The summed E-state index contributed by atoms with van der Waals surface area (Å²) in [5.41, 5.74) is -1.40. The van der Waals surface area contributed by atoms with E-state index in [1.54, 1.807) is 0 Å². The Kier molecular flexibility index (Phi) is 29.5. The molecule has 5 aliphatic carbocycles. The first-order valence-electron chi connectivity index (χ1n) is 30.2. The third-order valence-corrected chi connectivity index (χ3v) is 18.5. The second-order valence-corrected chi connectivity index (χ2v) is 25.4. The lowest BCUT2D eigenvalue weighted by Crippen LogP contribution is -2.41. The Morgan fingerprint density at radius 1 is 0.384 bits per heavy atom. The minimum absolute atomic E-state index is 0.00347. The molecular weight excluding hydrogens is 917 g/mol. The van der Waals surface area contributed by atoms with E-state index in [4.69, 9.17) is 23.7 Å². The van der Waals surface area contributed by atoms with E-state index in [1.165, 1.54) is 64.2 Å². The summed E-state index contributed by atoms with van der Waals surface area (Å²) < 4.78 is 28.6. The van der Waals surface area contributed by atoms with Gasteiger partial charge < -0.3 is 23.7 Å². The van der Waals surface area contributed by atoms with Gasteiger partial charge in [0.1, 0.15) is 28.0 Å². The van der Waals surface area contributed by atoms with Crippen LogP contribution in [0.1, 0.15) is 305 Å². The Morgan fingerprint density at radius 2 is 0.658 bits per heavy atom. The van der Waals surface area contributed by atoms with E-state index in [1.807, 2.05) is 83.1 Å². The molecule has 3 atom stereocenters. The maximum Gasteiger partial charge on any atom is 0.312 e. The van der Waals surface area contributed by atoms with E-state index in [2.05, 4.69) is 48.5 Å². The summed E-state index contributed by atoms with van der Waals surface area (Å²) in [5, 5.41) is 0. The maximum atomic E-state index is 12.1. The number of rotatable bonds is 19. The molecule has 0 aromatic carbocycles. The summed E-state index contributed by atoms with van der Waals surface area (Å²) in [6.07, 6.45) is 28.7. The summed E-state index contributed by atoms with van der Waals surface area (Å²) >= 11 is 0. The van der Waals surface area contributed by atoms with Crippen LogP contribution >= 0.6 is 0 Å². The second-order valence-electron chi connectivity index (χ2n) is 25.4. The molecule has 0 radical (unpaired) electrons. The highest BCUT2D eigenvalue weighted by Gasteiger charge is 2.44. The molecule has 10 nitrogen and oxygen atoms in total. The van der Waals surface area contributed by atoms with Crippen molar-refractivity contribution in [3.63, 3.8) is 0 Å². The lowest BCUT2D eigenvalue weighted by atomic mass is 9.86. The number of ether oxygens (including phenoxy) is 5. The Balaban J connectivity index is 0.000000457. The van der Waals surface area contributed by atoms with Crippen molar-refractivity contribution in [1.82, 2.24) is 0 Å². The van der Waals surface area contributed by atoms with Crippen LogP contribution in [-0.2, 0) is 47.7 Å². The van der Waals surface area contributed by atoms with Gasteiger partial charge in [-0.3, -0.25) is 24.0 Å². The molecule has 5 saturated carbocycles. The van der Waals surface area contributed by atoms with Gasteiger partial charge in [0, 0.05) is 0 Å². The monoisotopic (exact) mass is 1030 g/mol. The standard InChI is InChI=1S/C14H26O2.2C13H24O2.C12H22O2.C11H20O2/c1-6-13(4,5)12(15)16-14(11(2)3)9-7-8-10-14;1-5-11(4)12(14)15-13(10(2)3)8-6-7-9-13;1-5-12(3,4)11(14)15-13(6-2)9-7-8-10-13;1-4-10(3)11(13)14-12(5-2)8-6-7-9-12;1-4-9(2)10(12)13-11(3)7-5-6-8-11/h11H,6-10H2,1-5H3;10-11H,5-9H2,1-4H3;5-10H2,1-4H3;10H,4-9H2,1-3H3;9H,4-8H2,1-3H3. The highest BCUT2D eigenvalue weighted by molar-refractivity contribution is 5.77. The highest BCUT2D eigenvalue weighted by Crippen LogP contribution is 2.43. The molecule has 5 aliphatic rings. The number of hydrogen-bond acceptors (Lipinski definition) is 10. The molecular formula is C63H116O10. The summed E-state index contributed by atoms with van der Waals surface area (Å²) in [6.45, 7) is 38.8. The maximum absolute atomic E-state index is 12.1. The van der Waals surface area contributed by atoms with Gasteiger partial charge >= 0.3 is 29.8 Å². The van der Waals surface area contributed by atoms with Crippen molar-refractivity contribution in [2.24, 2.45) is 40.4 Å². The van der Waals surface area contributed by atoms with E-state index < -0.39 is 0 Å². The summed E-state index contributed by atoms with van der Waals surface area (Å²) in [4.78, 5) is 59.1. The van der Waals surface area contributed by atoms with E-state index in [9.17, 15) is 24.0 Å². The molecule has 5 fully saturated rings. The highest BCUT2D eigenvalue weighted by atomic mass is 16.6. The number of hydrogen-bond donors (Lipinski definition) is 0. The molecule has 0 aromatic heterocycles. The zero-order valence-electron chi connectivity index (χ0n) is 51.1. The zero-order chi connectivity index (χ0) is 55.9. The fraction of sp³-hybridized carbons (Fsp3) is 0.921. The summed E-state index contributed by atoms with van der Waals surface area (Å²) in [6, 6.07) is 0. The first-order chi connectivity index (χ1) is 34.0. The molecule has 73 heavy (non-hydrogen) atoms. The Bertz CT molecular complexity index is 1610. The molecule has 0 N–H and O–H groups in total. The first-order valence-corrected chi connectivity index (χ1v) is 30.2. The molecule has 5 rings (SSSR count). The van der Waals surface area contributed by atoms with Gasteiger partial charge in [0.2, 0.25) is 0 Å². The van der Waals surface area contributed by atoms with Crippen LogP contribution in [0.2, 0.25) is 0 Å². The van der Waals surface area contributed by atoms with E-state index >= 15 is 0 Å². The predicted octanol–water partition coefficient (Wildman–Crippen LogP) is 17.4. The van der Waals surface area contributed by atoms with Gasteiger partial charge in [-0.2, -0.15) is 0 Å². The molecule has 0 heterocycles. The van der Waals surface area contributed by atoms with Crippen LogP contribution in [0.4, 0.5) is 0 Å². The number of esters is 5. The van der Waals surface area contributed by atoms with Crippen LogP contribution in [0, 0.1) is 40.4 Å². The number of carbonyl (C=O) groups excluding carboxylic acids is 5. The third-order valence-electron chi connectivity index (χ3n) is 18.5. The minimum Gasteiger partial charge on any atom is -0.459 e. The topological polar surface area (TPSA) is 132 Å². The molecule has 0 bridgehead atoms. The van der Waals surface area contributed by atoms with Crippen molar-refractivity contribution in [3.05, 3.63) is 0 Å². The Labute approximate surface area is 449 Å². The first kappa shape index (κ1) is 68.4. The fourth-order valence-corrected chi connectivity index (χ4v) is 10.3. The molecule has 0 saturated heterocycles. The van der Waals surface area contributed by atoms with Gasteiger partial charge in [-0.05, 0) is 220 Å². The largest absolute Gasteiger partial charge is 0.459 e. The van der Waals surface area contributed by atoms with Crippen molar-refractivity contribution in [3.8, 4) is 0 Å². The van der Waals surface area contributed by atoms with Crippen molar-refractivity contribution < 1.29 is 47.7 Å². The molecule has 0 spiro atoms. The smallest absolute Gasteiger partial charge is 0.312 e. The third kappa shape index (κ3) is 21.4. The molecule has 10 heteroatoms. The molecule has 0 aliphatic heterocycles. The summed E-state index contributed by atoms with van der Waals surface area (Å²) in [7, 11) is 0. The average molecular weight is 1030 g/mol. The fourth-order valence-electron chi connectivity index (χ4n) is 10.3. The summed E-state index contributed by atoms with van der Waals surface area (Å²) in [5.74, 6) is 0.938. The van der Waals surface area contributed by atoms with Crippen LogP contribution < -0.4 is 0 Å². The van der Waals surface area contributed by atoms with Gasteiger partial charge in [-0.15, -0.1) is 0 Å². The number of carbonyl (C=O) groups is 5. The van der Waals surface area contributed by atoms with E-state index in [-0.39, 0.29) is 86.4 Å². The van der Waals surface area contributed by atoms with E-state index in [0.717, 1.165) is 109 Å². The van der Waals surface area contributed by atoms with Gasteiger partial charge in [0.25, 0.3) is 0 Å². The molecule has 0 amide bonds. The van der Waals surface area contributed by atoms with Gasteiger partial charge in [0.05, 0.1) is 28.6 Å². The normalized spacial score (nSPS) is 21.3. The Hall–Kier alpha value is -2.65. The van der Waals surface area contributed by atoms with Crippen LogP contribution in [0.3, 0.4) is 0 Å². The van der Waals surface area contributed by atoms with Crippen molar-refractivity contribution in [2.75, 3.05) is 0 Å². The van der Waals surface area contributed by atoms with E-state index in [0.29, 0.717) is 11.8 Å². The SMILES string of the molecule is CCC(C)(C)C(=O)OC1(C(C)C)CCCC1.CCC(C)C(=O)OC1(C(C)C)CCCC1.CCC(C)C(=O)OC1(C)CCCC1.CCC(C)C(=O)OC1(CC)CCCC1.CCC1(OC(=O)C(C)(C)CC)CCCC1. The second kappa shape index (κ2) is 31.5. The minimum atomic E-state index is -0.343. The lowest BCUT2D eigenvalue weighted by Gasteiger charge is -2.36. The van der Waals surface area contributed by atoms with Crippen molar-refractivity contribution in [1.29, 1.82) is 0 Å². The van der Waals surface area contributed by atoms with Gasteiger partial charge in [-0.25, -0.2) is 0 Å². The molecule has 0 aromatic rings. The van der Waals surface area contributed by atoms with Crippen LogP contribution in [0.25, 0.3) is 0 Å². The molecule has 3 unspecified atom stereocenters. The average Bonchev–Trinajstić information content (AvgIpc) is 4.25. The van der Waals surface area contributed by atoms with Crippen LogP contribution in [0.5, 0.6) is 0 Å². The predicted molar refractivity (Wildman–Crippen MR) is 299 cm³/mol. The van der Waals surface area contributed by atoms with Crippen molar-refractivity contribution in [2.45, 2.75) is 333 Å². The molecule has 428 valence electrons. The van der Waals surface area contributed by atoms with Gasteiger partial charge in [0.15, 0.2) is 0 Å².